The number of likely N-dealkylation sites (N-methyl/N-ethyl adjacent to an activating group) is 1. The standard InChI is InChI=1S/C6H11N3O2/c1-9-4(2-3-7)5(10)8-6(9)11/h4H,2-3,7H2,1H3,(H,8,10,11). The van der Waals surface area contributed by atoms with Gasteiger partial charge in [0.1, 0.15) is 6.04 Å². The molecule has 0 aromatic rings. The molecule has 0 aliphatic carbocycles. The van der Waals surface area contributed by atoms with Crippen LogP contribution in [0.5, 0.6) is 0 Å². The number of rotatable bonds is 2. The average molecular weight is 157 g/mol. The number of nitrogens with two attached hydrogens (primary N) is 1. The number of urea groups is 1. The van der Waals surface area contributed by atoms with Gasteiger partial charge in [0.15, 0.2) is 0 Å². The molecule has 0 aromatic heterocycles. The number of carbonyl (C=O) groups excluding carboxylic acids is 2. The molecule has 1 heterocycles. The van der Waals surface area contributed by atoms with E-state index in [4.69, 9.17) is 5.73 Å². The summed E-state index contributed by atoms with van der Waals surface area (Å²) in [4.78, 5) is 23.1. The molecule has 0 aromatic carbocycles. The van der Waals surface area contributed by atoms with Gasteiger partial charge in [-0.3, -0.25) is 10.1 Å². The van der Waals surface area contributed by atoms with Crippen LogP contribution < -0.4 is 11.1 Å². The Hall–Kier alpha value is -1.10. The van der Waals surface area contributed by atoms with E-state index in [1.807, 2.05) is 0 Å². The summed E-state index contributed by atoms with van der Waals surface area (Å²) in [5.41, 5.74) is 5.26. The molecule has 11 heavy (non-hydrogen) atoms. The summed E-state index contributed by atoms with van der Waals surface area (Å²) >= 11 is 0. The summed E-state index contributed by atoms with van der Waals surface area (Å²) < 4.78 is 0. The minimum Gasteiger partial charge on any atom is -0.330 e. The van der Waals surface area contributed by atoms with Crippen LogP contribution in [0.2, 0.25) is 0 Å². The second kappa shape index (κ2) is 2.87. The van der Waals surface area contributed by atoms with Crippen LogP contribution in [-0.4, -0.2) is 36.5 Å². The fourth-order valence-corrected chi connectivity index (χ4v) is 1.08. The van der Waals surface area contributed by atoms with Crippen molar-refractivity contribution in [3.8, 4) is 0 Å². The molecular formula is C6H11N3O2. The first kappa shape index (κ1) is 8.00. The molecular weight excluding hydrogens is 146 g/mol. The van der Waals surface area contributed by atoms with Crippen LogP contribution in [0.1, 0.15) is 6.42 Å². The van der Waals surface area contributed by atoms with Crippen molar-refractivity contribution in [3.63, 3.8) is 0 Å². The van der Waals surface area contributed by atoms with Gasteiger partial charge in [0, 0.05) is 7.05 Å². The monoisotopic (exact) mass is 157 g/mol. The molecule has 1 unspecified atom stereocenters. The number of nitrogens with one attached hydrogen (secondary N) is 1. The number of nitrogens with zero attached hydrogens (tertiary/aromatic N) is 1. The van der Waals surface area contributed by atoms with Crippen LogP contribution >= 0.6 is 0 Å². The first-order valence-electron chi connectivity index (χ1n) is 3.44. The summed E-state index contributed by atoms with van der Waals surface area (Å²) in [6, 6.07) is -0.707. The third kappa shape index (κ3) is 1.32. The Kier molecular flexibility index (Phi) is 2.09. The van der Waals surface area contributed by atoms with Crippen molar-refractivity contribution in [1.29, 1.82) is 0 Å². The number of carbonyl (C=O) groups is 2. The van der Waals surface area contributed by atoms with Gasteiger partial charge in [-0.2, -0.15) is 0 Å². The van der Waals surface area contributed by atoms with Gasteiger partial charge in [-0.05, 0) is 13.0 Å². The fraction of sp³-hybridized carbons (Fsp3) is 0.667. The summed E-state index contributed by atoms with van der Waals surface area (Å²) in [7, 11) is 1.58. The summed E-state index contributed by atoms with van der Waals surface area (Å²) in [5.74, 6) is -0.247. The molecule has 1 atom stereocenters. The lowest BCUT2D eigenvalue weighted by molar-refractivity contribution is -0.121. The van der Waals surface area contributed by atoms with E-state index in [1.165, 1.54) is 4.90 Å². The Morgan fingerprint density at radius 1 is 1.64 bits per heavy atom. The third-order valence-corrected chi connectivity index (χ3v) is 1.76. The molecule has 1 fully saturated rings. The molecule has 62 valence electrons. The zero-order valence-corrected chi connectivity index (χ0v) is 6.33. The first-order valence-corrected chi connectivity index (χ1v) is 3.44. The highest BCUT2D eigenvalue weighted by molar-refractivity contribution is 6.03. The number of amides is 3. The van der Waals surface area contributed by atoms with Crippen LogP contribution in [0.15, 0.2) is 0 Å². The van der Waals surface area contributed by atoms with Crippen molar-refractivity contribution in [1.82, 2.24) is 10.2 Å². The molecule has 5 heteroatoms. The van der Waals surface area contributed by atoms with Crippen molar-refractivity contribution in [3.05, 3.63) is 0 Å². The molecule has 1 saturated heterocycles. The van der Waals surface area contributed by atoms with Gasteiger partial charge in [0.25, 0.3) is 5.91 Å². The smallest absolute Gasteiger partial charge is 0.324 e. The van der Waals surface area contributed by atoms with Crippen LogP contribution in [0.3, 0.4) is 0 Å². The van der Waals surface area contributed by atoms with Crippen molar-refractivity contribution in [2.75, 3.05) is 13.6 Å². The largest absolute Gasteiger partial charge is 0.330 e. The zero-order chi connectivity index (χ0) is 8.43. The highest BCUT2D eigenvalue weighted by atomic mass is 16.2. The Morgan fingerprint density at radius 2 is 2.27 bits per heavy atom. The highest BCUT2D eigenvalue weighted by Gasteiger charge is 2.34. The van der Waals surface area contributed by atoms with Crippen LogP contribution in [0.4, 0.5) is 4.79 Å². The maximum Gasteiger partial charge on any atom is 0.324 e. The average Bonchev–Trinajstić information content (AvgIpc) is 2.17. The minimum atomic E-state index is -0.368. The molecule has 0 saturated carbocycles. The fourth-order valence-electron chi connectivity index (χ4n) is 1.08. The van der Waals surface area contributed by atoms with Gasteiger partial charge >= 0.3 is 6.03 Å². The number of imide groups is 1. The van der Waals surface area contributed by atoms with Gasteiger partial charge in [-0.15, -0.1) is 0 Å². The second-order valence-corrected chi connectivity index (χ2v) is 2.50. The summed E-state index contributed by atoms with van der Waals surface area (Å²) in [5, 5.41) is 2.19. The van der Waals surface area contributed by atoms with E-state index in [9.17, 15) is 9.59 Å². The summed E-state index contributed by atoms with van der Waals surface area (Å²) in [6.07, 6.45) is 0.522. The van der Waals surface area contributed by atoms with Crippen molar-refractivity contribution >= 4 is 11.9 Å². The minimum absolute atomic E-state index is 0.247. The van der Waals surface area contributed by atoms with E-state index in [2.05, 4.69) is 5.32 Å². The predicted octanol–water partition coefficient (Wildman–Crippen LogP) is -1.11. The summed E-state index contributed by atoms with van der Waals surface area (Å²) in [6.45, 7) is 0.412. The Labute approximate surface area is 64.5 Å². The van der Waals surface area contributed by atoms with Crippen LogP contribution in [0, 0.1) is 0 Å². The van der Waals surface area contributed by atoms with Crippen LogP contribution in [0.25, 0.3) is 0 Å². The Balaban J connectivity index is 2.63. The van der Waals surface area contributed by atoms with Crippen LogP contribution in [-0.2, 0) is 4.79 Å². The van der Waals surface area contributed by atoms with Crippen molar-refractivity contribution in [2.45, 2.75) is 12.5 Å². The van der Waals surface area contributed by atoms with Gasteiger partial charge in [0.2, 0.25) is 0 Å². The second-order valence-electron chi connectivity index (χ2n) is 2.50. The molecule has 1 aliphatic rings. The predicted molar refractivity (Wildman–Crippen MR) is 38.8 cm³/mol. The SMILES string of the molecule is CN1C(=O)NC(=O)C1CCN. The van der Waals surface area contributed by atoms with E-state index in [0.29, 0.717) is 13.0 Å². The van der Waals surface area contributed by atoms with Crippen molar-refractivity contribution < 1.29 is 9.59 Å². The van der Waals surface area contributed by atoms with E-state index in [0.717, 1.165) is 0 Å². The molecule has 1 aliphatic heterocycles. The molecule has 3 amide bonds. The quantitative estimate of drug-likeness (QED) is 0.499. The molecule has 5 nitrogen and oxygen atoms in total. The van der Waals surface area contributed by atoms with Gasteiger partial charge in [-0.25, -0.2) is 4.79 Å². The number of hydrogen-bond acceptors (Lipinski definition) is 3. The highest BCUT2D eigenvalue weighted by Crippen LogP contribution is 2.07. The molecule has 0 bridgehead atoms. The Bertz CT molecular complexity index is 192. The van der Waals surface area contributed by atoms with E-state index in [1.54, 1.807) is 7.05 Å². The van der Waals surface area contributed by atoms with Gasteiger partial charge in [0.05, 0.1) is 0 Å². The normalized spacial score (nSPS) is 24.2. The lowest BCUT2D eigenvalue weighted by atomic mass is 10.2. The third-order valence-electron chi connectivity index (χ3n) is 1.76. The molecule has 0 spiro atoms. The van der Waals surface area contributed by atoms with E-state index in [-0.39, 0.29) is 18.0 Å². The molecule has 0 radical (unpaired) electrons. The maximum atomic E-state index is 11.0. The number of hydrogen-bond donors (Lipinski definition) is 2. The first-order chi connectivity index (χ1) is 5.16. The molecule has 1 rings (SSSR count). The van der Waals surface area contributed by atoms with E-state index >= 15 is 0 Å². The molecule has 3 N–H and O–H groups in total. The lowest BCUT2D eigenvalue weighted by Crippen LogP contribution is -2.33. The maximum absolute atomic E-state index is 11.0. The van der Waals surface area contributed by atoms with Gasteiger partial charge in [-0.1, -0.05) is 0 Å². The van der Waals surface area contributed by atoms with Gasteiger partial charge < -0.3 is 10.6 Å². The zero-order valence-electron chi connectivity index (χ0n) is 6.33. The van der Waals surface area contributed by atoms with Crippen molar-refractivity contribution in [2.24, 2.45) is 5.73 Å². The Morgan fingerprint density at radius 3 is 2.64 bits per heavy atom. The topological polar surface area (TPSA) is 75.4 Å². The lowest BCUT2D eigenvalue weighted by Gasteiger charge is -2.14. The van der Waals surface area contributed by atoms with E-state index < -0.39 is 0 Å².